The third-order valence-electron chi connectivity index (χ3n) is 2.96. The fourth-order valence-electron chi connectivity index (χ4n) is 2.00. The van der Waals surface area contributed by atoms with Crippen molar-refractivity contribution in [1.82, 2.24) is 5.16 Å². The number of benzene rings is 1. The first-order valence-corrected chi connectivity index (χ1v) is 6.71. The summed E-state index contributed by atoms with van der Waals surface area (Å²) in [6, 6.07) is 7.83. The molecule has 4 nitrogen and oxygen atoms in total. The van der Waals surface area contributed by atoms with Crippen LogP contribution in [0.5, 0.6) is 5.75 Å². The predicted molar refractivity (Wildman–Crippen MR) is 82.2 cm³/mol. The Hall–Kier alpha value is -2.33. The predicted octanol–water partition coefficient (Wildman–Crippen LogP) is 3.78. The first-order valence-electron chi connectivity index (χ1n) is 6.71. The topological polar surface area (TPSA) is 44.5 Å². The van der Waals surface area contributed by atoms with Gasteiger partial charge in [0.2, 0.25) is 0 Å². The van der Waals surface area contributed by atoms with Gasteiger partial charge in [-0.2, -0.15) is 0 Å². The van der Waals surface area contributed by atoms with Gasteiger partial charge < -0.3 is 14.0 Å². The molecule has 0 atom stereocenters. The fourth-order valence-corrected chi connectivity index (χ4v) is 2.00. The molecule has 1 heterocycles. The second-order valence-electron chi connectivity index (χ2n) is 4.51. The number of allylic oxidation sites excluding steroid dienone is 1. The van der Waals surface area contributed by atoms with Crippen molar-refractivity contribution < 1.29 is 14.0 Å². The van der Waals surface area contributed by atoms with E-state index in [1.54, 1.807) is 13.2 Å². The van der Waals surface area contributed by atoms with Gasteiger partial charge in [-0.15, -0.1) is 13.2 Å². The van der Waals surface area contributed by atoms with Crippen LogP contribution in [0.15, 0.2) is 54.1 Å². The lowest BCUT2D eigenvalue weighted by atomic mass is 10.0. The van der Waals surface area contributed by atoms with Crippen molar-refractivity contribution in [2.75, 3.05) is 13.7 Å². The maximum Gasteiger partial charge on any atom is 0.163 e. The van der Waals surface area contributed by atoms with E-state index < -0.39 is 0 Å². The Morgan fingerprint density at radius 1 is 1.24 bits per heavy atom. The average molecular weight is 285 g/mol. The second kappa shape index (κ2) is 7.45. The number of methoxy groups -OCH3 is 1. The Kier molecular flexibility index (Phi) is 5.35. The van der Waals surface area contributed by atoms with E-state index in [9.17, 15) is 0 Å². The highest BCUT2D eigenvalue weighted by Crippen LogP contribution is 2.31. The van der Waals surface area contributed by atoms with E-state index in [0.717, 1.165) is 29.0 Å². The summed E-state index contributed by atoms with van der Waals surface area (Å²) in [5, 5.41) is 4.09. The van der Waals surface area contributed by atoms with Gasteiger partial charge in [-0.1, -0.05) is 23.4 Å². The van der Waals surface area contributed by atoms with Crippen LogP contribution in [0, 0.1) is 0 Å². The minimum atomic E-state index is 0.369. The van der Waals surface area contributed by atoms with E-state index in [1.165, 1.54) is 0 Å². The molecule has 0 saturated heterocycles. The minimum absolute atomic E-state index is 0.369. The molecule has 0 spiro atoms. The Morgan fingerprint density at radius 2 is 2.10 bits per heavy atom. The summed E-state index contributed by atoms with van der Waals surface area (Å²) in [7, 11) is 1.64. The van der Waals surface area contributed by atoms with Crippen LogP contribution >= 0.6 is 0 Å². The second-order valence-corrected chi connectivity index (χ2v) is 4.51. The Morgan fingerprint density at radius 3 is 2.81 bits per heavy atom. The molecule has 0 amide bonds. The normalized spacial score (nSPS) is 10.3. The largest absolute Gasteiger partial charge is 0.496 e. The van der Waals surface area contributed by atoms with Crippen LogP contribution in [-0.2, 0) is 17.8 Å². The van der Waals surface area contributed by atoms with Crippen LogP contribution in [0.2, 0.25) is 0 Å². The molecule has 2 rings (SSSR count). The summed E-state index contributed by atoms with van der Waals surface area (Å²) < 4.78 is 16.0. The maximum absolute atomic E-state index is 5.39. The molecule has 21 heavy (non-hydrogen) atoms. The van der Waals surface area contributed by atoms with Crippen molar-refractivity contribution in [2.45, 2.75) is 13.0 Å². The highest BCUT2D eigenvalue weighted by atomic mass is 16.5. The number of hydrogen-bond donors (Lipinski definition) is 0. The van der Waals surface area contributed by atoms with Crippen LogP contribution in [0.25, 0.3) is 11.3 Å². The maximum atomic E-state index is 5.39. The summed E-state index contributed by atoms with van der Waals surface area (Å²) in [6.45, 7) is 8.20. The highest BCUT2D eigenvalue weighted by Gasteiger charge is 2.12. The molecule has 0 unspecified atom stereocenters. The average Bonchev–Trinajstić information content (AvgIpc) is 2.96. The molecule has 0 radical (unpaired) electrons. The molecule has 0 bridgehead atoms. The third-order valence-corrected chi connectivity index (χ3v) is 2.96. The van der Waals surface area contributed by atoms with Crippen molar-refractivity contribution in [3.63, 3.8) is 0 Å². The SMILES string of the molecule is C=CCOCc1cc(-c2cc(CC=C)ccc2OC)no1. The lowest BCUT2D eigenvalue weighted by Gasteiger charge is -2.07. The summed E-state index contributed by atoms with van der Waals surface area (Å²) >= 11 is 0. The summed E-state index contributed by atoms with van der Waals surface area (Å²) in [4.78, 5) is 0. The fraction of sp³-hybridized carbons (Fsp3) is 0.235. The monoisotopic (exact) mass is 285 g/mol. The smallest absolute Gasteiger partial charge is 0.163 e. The lowest BCUT2D eigenvalue weighted by Crippen LogP contribution is -1.91. The summed E-state index contributed by atoms with van der Waals surface area (Å²) in [5.74, 6) is 1.43. The van der Waals surface area contributed by atoms with Crippen LogP contribution in [0.4, 0.5) is 0 Å². The zero-order valence-corrected chi connectivity index (χ0v) is 12.2. The molecule has 2 aromatic rings. The molecule has 0 fully saturated rings. The molecule has 0 N–H and O–H groups in total. The van der Waals surface area contributed by atoms with Crippen LogP contribution in [0.3, 0.4) is 0 Å². The van der Waals surface area contributed by atoms with Gasteiger partial charge in [0.1, 0.15) is 18.1 Å². The first kappa shape index (κ1) is 15.1. The third kappa shape index (κ3) is 3.83. The van der Waals surface area contributed by atoms with Gasteiger partial charge in [0.05, 0.1) is 13.7 Å². The number of aromatic nitrogens is 1. The van der Waals surface area contributed by atoms with Crippen molar-refractivity contribution in [3.05, 3.63) is 60.9 Å². The number of ether oxygens (including phenoxy) is 2. The number of hydrogen-bond acceptors (Lipinski definition) is 4. The Labute approximate surface area is 124 Å². The zero-order chi connectivity index (χ0) is 15.1. The Bertz CT molecular complexity index is 616. The van der Waals surface area contributed by atoms with E-state index in [2.05, 4.69) is 18.3 Å². The van der Waals surface area contributed by atoms with E-state index in [0.29, 0.717) is 19.0 Å². The quantitative estimate of drug-likeness (QED) is 0.547. The highest BCUT2D eigenvalue weighted by molar-refractivity contribution is 5.68. The molecule has 0 saturated carbocycles. The van der Waals surface area contributed by atoms with Gasteiger partial charge in [-0.3, -0.25) is 0 Å². The van der Waals surface area contributed by atoms with Gasteiger partial charge in [0.25, 0.3) is 0 Å². The first-order chi connectivity index (χ1) is 10.3. The van der Waals surface area contributed by atoms with E-state index in [-0.39, 0.29) is 0 Å². The molecule has 1 aromatic heterocycles. The van der Waals surface area contributed by atoms with Crippen molar-refractivity contribution in [1.29, 1.82) is 0 Å². The summed E-state index contributed by atoms with van der Waals surface area (Å²) in [6.07, 6.45) is 4.35. The van der Waals surface area contributed by atoms with Crippen molar-refractivity contribution in [3.8, 4) is 17.0 Å². The molecule has 0 aliphatic heterocycles. The molecule has 0 aliphatic carbocycles. The Balaban J connectivity index is 2.25. The summed E-state index contributed by atoms with van der Waals surface area (Å²) in [5.41, 5.74) is 2.78. The molecular formula is C17H19NO3. The van der Waals surface area contributed by atoms with Gasteiger partial charge in [0, 0.05) is 11.6 Å². The number of rotatable bonds is 8. The minimum Gasteiger partial charge on any atom is -0.496 e. The molecule has 0 aliphatic rings. The zero-order valence-electron chi connectivity index (χ0n) is 12.2. The standard InChI is InChI=1S/C17H19NO3/c1-4-6-13-7-8-17(19-3)15(10-13)16-11-14(21-18-16)12-20-9-5-2/h4-5,7-8,10-11H,1-2,6,9,12H2,3H3. The van der Waals surface area contributed by atoms with Crippen LogP contribution < -0.4 is 4.74 Å². The van der Waals surface area contributed by atoms with E-state index in [4.69, 9.17) is 14.0 Å². The van der Waals surface area contributed by atoms with Crippen molar-refractivity contribution in [2.24, 2.45) is 0 Å². The van der Waals surface area contributed by atoms with Gasteiger partial charge in [-0.05, 0) is 24.1 Å². The number of nitrogens with zero attached hydrogens (tertiary/aromatic N) is 1. The van der Waals surface area contributed by atoms with E-state index >= 15 is 0 Å². The van der Waals surface area contributed by atoms with Crippen LogP contribution in [0.1, 0.15) is 11.3 Å². The van der Waals surface area contributed by atoms with Gasteiger partial charge in [-0.25, -0.2) is 0 Å². The molecule has 110 valence electrons. The van der Waals surface area contributed by atoms with Gasteiger partial charge in [0.15, 0.2) is 5.76 Å². The van der Waals surface area contributed by atoms with E-state index in [1.807, 2.05) is 30.3 Å². The molecular weight excluding hydrogens is 266 g/mol. The van der Waals surface area contributed by atoms with Gasteiger partial charge >= 0.3 is 0 Å². The van der Waals surface area contributed by atoms with Crippen LogP contribution in [-0.4, -0.2) is 18.9 Å². The molecule has 1 aromatic carbocycles. The van der Waals surface area contributed by atoms with Crippen molar-refractivity contribution >= 4 is 0 Å². The molecule has 4 heteroatoms. The lowest BCUT2D eigenvalue weighted by molar-refractivity contribution is 0.125.